The maximum atomic E-state index is 5.31. The van der Waals surface area contributed by atoms with Gasteiger partial charge in [-0.3, -0.25) is 0 Å². The Balaban J connectivity index is 2.61. The van der Waals surface area contributed by atoms with Crippen LogP contribution in [0.15, 0.2) is 18.2 Å². The molecule has 19 heavy (non-hydrogen) atoms. The first-order chi connectivity index (χ1) is 9.10. The summed E-state index contributed by atoms with van der Waals surface area (Å²) in [5.74, 6) is 1.52. The Morgan fingerprint density at radius 1 is 1.16 bits per heavy atom. The Morgan fingerprint density at radius 2 is 1.84 bits per heavy atom. The second-order valence-corrected chi connectivity index (χ2v) is 5.73. The van der Waals surface area contributed by atoms with Crippen molar-refractivity contribution in [1.82, 2.24) is 4.90 Å². The lowest BCUT2D eigenvalue weighted by Gasteiger charge is -2.20. The van der Waals surface area contributed by atoms with Gasteiger partial charge in [-0.2, -0.15) is 0 Å². The van der Waals surface area contributed by atoms with Gasteiger partial charge in [-0.25, -0.2) is 0 Å². The van der Waals surface area contributed by atoms with Gasteiger partial charge in [0, 0.05) is 20.2 Å². The molecule has 0 heterocycles. The maximum Gasteiger partial charge on any atom is 0.161 e. The molecule has 0 aliphatic carbocycles. The Hall–Kier alpha value is -0.780. The fraction of sp³-hybridized carbons (Fsp3) is 0.571. The first-order valence-electron chi connectivity index (χ1n) is 6.13. The van der Waals surface area contributed by atoms with Crippen molar-refractivity contribution in [2.45, 2.75) is 11.4 Å². The van der Waals surface area contributed by atoms with Gasteiger partial charge in [0.05, 0.1) is 25.7 Å². The monoisotopic (exact) mass is 331 g/mol. The van der Waals surface area contributed by atoms with E-state index in [1.54, 1.807) is 21.3 Å². The standard InChI is InChI=1S/C14H22BrNO3/c1-16(9-12(15)10-17-2)8-11-5-6-13(18-3)14(7-11)19-4/h5-7,12H,8-10H2,1-4H3. The number of hydrogen-bond acceptors (Lipinski definition) is 4. The van der Waals surface area contributed by atoms with Crippen LogP contribution in [0.1, 0.15) is 5.56 Å². The largest absolute Gasteiger partial charge is 0.493 e. The molecule has 0 fully saturated rings. The summed E-state index contributed by atoms with van der Waals surface area (Å²) in [5, 5.41) is 0. The van der Waals surface area contributed by atoms with E-state index in [9.17, 15) is 0 Å². The minimum Gasteiger partial charge on any atom is -0.493 e. The maximum absolute atomic E-state index is 5.31. The predicted octanol–water partition coefficient (Wildman–Crippen LogP) is 2.55. The number of alkyl halides is 1. The van der Waals surface area contributed by atoms with E-state index in [2.05, 4.69) is 33.9 Å². The highest BCUT2D eigenvalue weighted by molar-refractivity contribution is 9.09. The fourth-order valence-electron chi connectivity index (χ4n) is 1.93. The molecular weight excluding hydrogens is 310 g/mol. The summed E-state index contributed by atoms with van der Waals surface area (Å²) < 4.78 is 15.6. The molecule has 1 aromatic rings. The van der Waals surface area contributed by atoms with Crippen molar-refractivity contribution in [2.24, 2.45) is 0 Å². The lowest BCUT2D eigenvalue weighted by atomic mass is 10.2. The molecule has 0 bridgehead atoms. The number of rotatable bonds is 8. The van der Waals surface area contributed by atoms with Crippen molar-refractivity contribution < 1.29 is 14.2 Å². The Morgan fingerprint density at radius 3 is 2.42 bits per heavy atom. The van der Waals surface area contributed by atoms with Gasteiger partial charge in [-0.1, -0.05) is 22.0 Å². The summed E-state index contributed by atoms with van der Waals surface area (Å²) >= 11 is 3.59. The molecule has 0 radical (unpaired) electrons. The summed E-state index contributed by atoms with van der Waals surface area (Å²) in [5.41, 5.74) is 1.19. The number of benzene rings is 1. The number of halogens is 1. The third-order valence-electron chi connectivity index (χ3n) is 2.76. The van der Waals surface area contributed by atoms with Gasteiger partial charge in [-0.15, -0.1) is 0 Å². The zero-order chi connectivity index (χ0) is 14.3. The molecule has 0 saturated carbocycles. The van der Waals surface area contributed by atoms with E-state index in [0.717, 1.165) is 24.6 Å². The number of hydrogen-bond donors (Lipinski definition) is 0. The number of ether oxygens (including phenoxy) is 3. The SMILES string of the molecule is COCC(Br)CN(C)Cc1ccc(OC)c(OC)c1. The Labute approximate surface area is 123 Å². The van der Waals surface area contributed by atoms with E-state index < -0.39 is 0 Å². The third-order valence-corrected chi connectivity index (χ3v) is 3.31. The molecule has 1 unspecified atom stereocenters. The van der Waals surface area contributed by atoms with Crippen LogP contribution in [0.2, 0.25) is 0 Å². The normalized spacial score (nSPS) is 12.5. The molecule has 1 rings (SSSR count). The highest BCUT2D eigenvalue weighted by atomic mass is 79.9. The minimum absolute atomic E-state index is 0.336. The molecular formula is C14H22BrNO3. The van der Waals surface area contributed by atoms with Crippen LogP contribution >= 0.6 is 15.9 Å². The Kier molecular flexibility index (Phi) is 7.20. The highest BCUT2D eigenvalue weighted by Crippen LogP contribution is 2.27. The average Bonchev–Trinajstić information content (AvgIpc) is 2.38. The molecule has 1 atom stereocenters. The molecule has 4 nitrogen and oxygen atoms in total. The summed E-state index contributed by atoms with van der Waals surface area (Å²) in [6.45, 7) is 2.48. The molecule has 5 heteroatoms. The van der Waals surface area contributed by atoms with Crippen molar-refractivity contribution in [1.29, 1.82) is 0 Å². The van der Waals surface area contributed by atoms with Crippen LogP contribution in [0.5, 0.6) is 11.5 Å². The lowest BCUT2D eigenvalue weighted by molar-refractivity contribution is 0.185. The van der Waals surface area contributed by atoms with Crippen molar-refractivity contribution in [2.75, 3.05) is 41.5 Å². The predicted molar refractivity (Wildman–Crippen MR) is 80.5 cm³/mol. The smallest absolute Gasteiger partial charge is 0.161 e. The molecule has 0 saturated heterocycles. The van der Waals surface area contributed by atoms with Crippen LogP contribution in [0.3, 0.4) is 0 Å². The van der Waals surface area contributed by atoms with Crippen LogP contribution in [-0.2, 0) is 11.3 Å². The number of nitrogens with zero attached hydrogens (tertiary/aromatic N) is 1. The van der Waals surface area contributed by atoms with E-state index in [0.29, 0.717) is 11.4 Å². The zero-order valence-electron chi connectivity index (χ0n) is 12.0. The molecule has 0 aliphatic rings. The average molecular weight is 332 g/mol. The molecule has 0 aromatic heterocycles. The second kappa shape index (κ2) is 8.40. The van der Waals surface area contributed by atoms with Crippen LogP contribution in [0, 0.1) is 0 Å². The first-order valence-corrected chi connectivity index (χ1v) is 7.04. The van der Waals surface area contributed by atoms with Crippen molar-refractivity contribution in [3.8, 4) is 11.5 Å². The molecule has 1 aromatic carbocycles. The molecule has 0 N–H and O–H groups in total. The van der Waals surface area contributed by atoms with Crippen LogP contribution < -0.4 is 9.47 Å². The Bertz CT molecular complexity index is 387. The summed E-state index contributed by atoms with van der Waals surface area (Å²) in [7, 11) is 7.09. The highest BCUT2D eigenvalue weighted by Gasteiger charge is 2.10. The van der Waals surface area contributed by atoms with E-state index in [-0.39, 0.29) is 0 Å². The van der Waals surface area contributed by atoms with Gasteiger partial charge in [-0.05, 0) is 24.7 Å². The fourth-order valence-corrected chi connectivity index (χ4v) is 2.69. The topological polar surface area (TPSA) is 30.9 Å². The van der Waals surface area contributed by atoms with Gasteiger partial charge in [0.2, 0.25) is 0 Å². The van der Waals surface area contributed by atoms with Crippen molar-refractivity contribution in [3.05, 3.63) is 23.8 Å². The summed E-state index contributed by atoms with van der Waals surface area (Å²) in [6.07, 6.45) is 0. The zero-order valence-corrected chi connectivity index (χ0v) is 13.6. The minimum atomic E-state index is 0.336. The lowest BCUT2D eigenvalue weighted by Crippen LogP contribution is -2.28. The van der Waals surface area contributed by atoms with E-state index >= 15 is 0 Å². The summed E-state index contributed by atoms with van der Waals surface area (Å²) in [4.78, 5) is 2.57. The van der Waals surface area contributed by atoms with E-state index in [1.165, 1.54) is 5.56 Å². The molecule has 0 amide bonds. The van der Waals surface area contributed by atoms with Gasteiger partial charge >= 0.3 is 0 Å². The van der Waals surface area contributed by atoms with Gasteiger partial charge < -0.3 is 19.1 Å². The summed E-state index contributed by atoms with van der Waals surface area (Å²) in [6, 6.07) is 6.00. The molecule has 0 aliphatic heterocycles. The molecule has 108 valence electrons. The first kappa shape index (κ1) is 16.3. The quantitative estimate of drug-likeness (QED) is 0.685. The van der Waals surface area contributed by atoms with E-state index in [4.69, 9.17) is 14.2 Å². The third kappa shape index (κ3) is 5.38. The van der Waals surface area contributed by atoms with Gasteiger partial charge in [0.15, 0.2) is 11.5 Å². The van der Waals surface area contributed by atoms with Crippen LogP contribution in [0.4, 0.5) is 0 Å². The van der Waals surface area contributed by atoms with Crippen LogP contribution in [0.25, 0.3) is 0 Å². The van der Waals surface area contributed by atoms with Gasteiger partial charge in [0.1, 0.15) is 0 Å². The number of methoxy groups -OCH3 is 3. The second-order valence-electron chi connectivity index (χ2n) is 4.44. The van der Waals surface area contributed by atoms with Crippen molar-refractivity contribution >= 4 is 15.9 Å². The molecule has 0 spiro atoms. The van der Waals surface area contributed by atoms with E-state index in [1.807, 2.05) is 12.1 Å². The van der Waals surface area contributed by atoms with Crippen molar-refractivity contribution in [3.63, 3.8) is 0 Å². The van der Waals surface area contributed by atoms with Crippen LogP contribution in [-0.4, -0.2) is 51.3 Å². The van der Waals surface area contributed by atoms with Gasteiger partial charge in [0.25, 0.3) is 0 Å².